The molecule has 1 aliphatic heterocycles. The van der Waals surface area contributed by atoms with Gasteiger partial charge in [0.25, 0.3) is 5.91 Å². The Bertz CT molecular complexity index is 1170. The van der Waals surface area contributed by atoms with Crippen LogP contribution < -0.4 is 5.43 Å². The van der Waals surface area contributed by atoms with Crippen molar-refractivity contribution in [2.45, 2.75) is 26.2 Å². The number of hydrogen-bond acceptors (Lipinski definition) is 4. The molecule has 7 nitrogen and oxygen atoms in total. The van der Waals surface area contributed by atoms with E-state index in [1.54, 1.807) is 37.0 Å². The Morgan fingerprint density at radius 3 is 2.17 bits per heavy atom. The summed E-state index contributed by atoms with van der Waals surface area (Å²) in [7, 11) is 3.38. The summed E-state index contributed by atoms with van der Waals surface area (Å²) in [5.41, 5.74) is 6.42. The van der Waals surface area contributed by atoms with Crippen LogP contribution in [0.15, 0.2) is 42.5 Å². The largest absolute Gasteiger partial charge is 0.351 e. The van der Waals surface area contributed by atoms with Crippen LogP contribution in [-0.4, -0.2) is 59.2 Å². The molecule has 0 unspecified atom stereocenters. The van der Waals surface area contributed by atoms with Gasteiger partial charge in [-0.15, -0.1) is 0 Å². The normalized spacial score (nSPS) is 13.5. The molecule has 186 valence electrons. The molecule has 10 heteroatoms. The van der Waals surface area contributed by atoms with Gasteiger partial charge in [-0.25, -0.2) is 9.69 Å². The van der Waals surface area contributed by atoms with Gasteiger partial charge in [0.05, 0.1) is 16.4 Å². The molecular weight excluding hydrogens is 509 g/mol. The lowest BCUT2D eigenvalue weighted by Gasteiger charge is -2.26. The van der Waals surface area contributed by atoms with E-state index in [9.17, 15) is 9.59 Å². The number of halogens is 3. The van der Waals surface area contributed by atoms with Gasteiger partial charge in [0.15, 0.2) is 5.69 Å². The molecule has 0 radical (unpaired) electrons. The lowest BCUT2D eigenvalue weighted by molar-refractivity contribution is -0.115. The molecule has 4 rings (SSSR count). The highest BCUT2D eigenvalue weighted by Gasteiger charge is 2.24. The molecule has 0 spiro atoms. The standard InChI is InChI=1S/C22H21Cl3N4O.C3H7NO/c1-14-20(22(30)27-28-11-3-2-4-12-28)26-29(19-10-9-17(24)13-18(19)25)21(14)15-5-7-16(23)8-6-15;1-4(2)3-5/h5-10,13H,2-4,11-12H2,1H3,(H,27,30);3H,1-2H3. The van der Waals surface area contributed by atoms with Gasteiger partial charge in [-0.3, -0.25) is 15.0 Å². The summed E-state index contributed by atoms with van der Waals surface area (Å²) in [6.45, 7) is 3.58. The van der Waals surface area contributed by atoms with Crippen molar-refractivity contribution in [2.75, 3.05) is 27.2 Å². The van der Waals surface area contributed by atoms with E-state index in [0.29, 0.717) is 26.4 Å². The molecule has 1 saturated heterocycles. The number of aromatic nitrogens is 2. The van der Waals surface area contributed by atoms with Crippen LogP contribution in [0, 0.1) is 6.92 Å². The van der Waals surface area contributed by atoms with Gasteiger partial charge in [-0.1, -0.05) is 53.4 Å². The van der Waals surface area contributed by atoms with Crippen molar-refractivity contribution in [1.82, 2.24) is 25.1 Å². The Labute approximate surface area is 220 Å². The van der Waals surface area contributed by atoms with E-state index in [1.165, 1.54) is 11.3 Å². The second-order valence-electron chi connectivity index (χ2n) is 8.39. The number of carbonyl (C=O) groups excluding carboxylic acids is 2. The summed E-state index contributed by atoms with van der Waals surface area (Å²) in [5.74, 6) is -0.228. The number of carbonyl (C=O) groups is 2. The van der Waals surface area contributed by atoms with Gasteiger partial charge >= 0.3 is 0 Å². The van der Waals surface area contributed by atoms with Crippen LogP contribution in [0.3, 0.4) is 0 Å². The number of nitrogens with one attached hydrogen (secondary N) is 1. The molecule has 1 aromatic heterocycles. The molecule has 35 heavy (non-hydrogen) atoms. The van der Waals surface area contributed by atoms with Gasteiger partial charge in [-0.2, -0.15) is 5.10 Å². The van der Waals surface area contributed by atoms with Crippen LogP contribution in [0.1, 0.15) is 35.3 Å². The number of rotatable bonds is 5. The first kappa shape index (κ1) is 27.0. The predicted octanol–water partition coefficient (Wildman–Crippen LogP) is 5.64. The Hall–Kier alpha value is -2.58. The van der Waals surface area contributed by atoms with Gasteiger partial charge in [0.2, 0.25) is 6.41 Å². The summed E-state index contributed by atoms with van der Waals surface area (Å²) in [4.78, 5) is 23.9. The number of piperidine rings is 1. The van der Waals surface area contributed by atoms with Crippen LogP contribution >= 0.6 is 34.8 Å². The summed E-state index contributed by atoms with van der Waals surface area (Å²) >= 11 is 18.6. The first-order valence-electron chi connectivity index (χ1n) is 11.2. The van der Waals surface area contributed by atoms with Crippen molar-refractivity contribution >= 4 is 47.1 Å². The van der Waals surface area contributed by atoms with Crippen LogP contribution in [0.25, 0.3) is 16.9 Å². The number of amides is 2. The Balaban J connectivity index is 0.000000623. The Morgan fingerprint density at radius 1 is 1.00 bits per heavy atom. The van der Waals surface area contributed by atoms with Gasteiger partial charge < -0.3 is 4.90 Å². The molecular formula is C25H28Cl3N5O2. The van der Waals surface area contributed by atoms with Crippen LogP contribution in [0.2, 0.25) is 15.1 Å². The fourth-order valence-electron chi connectivity index (χ4n) is 3.69. The minimum Gasteiger partial charge on any atom is -0.351 e. The van der Waals surface area contributed by atoms with Gasteiger partial charge in [0.1, 0.15) is 0 Å². The zero-order valence-electron chi connectivity index (χ0n) is 19.9. The molecule has 1 N–H and O–H groups in total. The highest BCUT2D eigenvalue weighted by molar-refractivity contribution is 6.35. The maximum Gasteiger partial charge on any atom is 0.286 e. The summed E-state index contributed by atoms with van der Waals surface area (Å²) in [5, 5.41) is 8.22. The van der Waals surface area contributed by atoms with Crippen LogP contribution in [0.4, 0.5) is 0 Å². The Morgan fingerprint density at radius 2 is 1.60 bits per heavy atom. The molecule has 3 aromatic rings. The molecule has 1 aliphatic rings. The maximum atomic E-state index is 13.1. The topological polar surface area (TPSA) is 70.5 Å². The summed E-state index contributed by atoms with van der Waals surface area (Å²) in [6.07, 6.45) is 4.09. The molecule has 0 atom stereocenters. The fraction of sp³-hybridized carbons (Fsp3) is 0.320. The van der Waals surface area contributed by atoms with Crippen molar-refractivity contribution in [2.24, 2.45) is 0 Å². The third-order valence-electron chi connectivity index (χ3n) is 5.42. The van der Waals surface area contributed by atoms with Crippen molar-refractivity contribution in [3.63, 3.8) is 0 Å². The van der Waals surface area contributed by atoms with Gasteiger partial charge in [0, 0.05) is 48.4 Å². The lowest BCUT2D eigenvalue weighted by Crippen LogP contribution is -2.45. The monoisotopic (exact) mass is 535 g/mol. The molecule has 2 heterocycles. The zero-order chi connectivity index (χ0) is 25.5. The number of hydrogen-bond donors (Lipinski definition) is 1. The van der Waals surface area contributed by atoms with E-state index in [4.69, 9.17) is 34.8 Å². The average Bonchev–Trinajstić information content (AvgIpc) is 3.17. The fourth-order valence-corrected chi connectivity index (χ4v) is 4.30. The second-order valence-corrected chi connectivity index (χ2v) is 9.67. The molecule has 2 aromatic carbocycles. The van der Waals surface area contributed by atoms with E-state index in [0.717, 1.165) is 49.2 Å². The van der Waals surface area contributed by atoms with Gasteiger partial charge in [-0.05, 0) is 50.1 Å². The molecule has 1 fully saturated rings. The molecule has 0 bridgehead atoms. The third kappa shape index (κ3) is 6.98. The highest BCUT2D eigenvalue weighted by atomic mass is 35.5. The quantitative estimate of drug-likeness (QED) is 0.428. The van der Waals surface area contributed by atoms with Crippen molar-refractivity contribution in [3.05, 3.63) is 68.8 Å². The number of nitrogens with zero attached hydrogens (tertiary/aromatic N) is 4. The van der Waals surface area contributed by atoms with Crippen LogP contribution in [-0.2, 0) is 4.79 Å². The van der Waals surface area contributed by atoms with E-state index >= 15 is 0 Å². The van der Waals surface area contributed by atoms with Crippen molar-refractivity contribution < 1.29 is 9.59 Å². The first-order chi connectivity index (χ1) is 16.7. The van der Waals surface area contributed by atoms with E-state index in [-0.39, 0.29) is 5.91 Å². The minimum absolute atomic E-state index is 0.228. The summed E-state index contributed by atoms with van der Waals surface area (Å²) < 4.78 is 1.70. The maximum absolute atomic E-state index is 13.1. The first-order valence-corrected chi connectivity index (χ1v) is 12.3. The van der Waals surface area contributed by atoms with E-state index < -0.39 is 0 Å². The van der Waals surface area contributed by atoms with E-state index in [2.05, 4.69) is 10.5 Å². The predicted molar refractivity (Wildman–Crippen MR) is 141 cm³/mol. The average molecular weight is 537 g/mol. The smallest absolute Gasteiger partial charge is 0.286 e. The second kappa shape index (κ2) is 12.4. The number of hydrazine groups is 1. The summed E-state index contributed by atoms with van der Waals surface area (Å²) in [6, 6.07) is 12.6. The minimum atomic E-state index is -0.228. The molecule has 0 aliphatic carbocycles. The Kier molecular flexibility index (Phi) is 9.57. The van der Waals surface area contributed by atoms with Crippen LogP contribution in [0.5, 0.6) is 0 Å². The van der Waals surface area contributed by atoms with Crippen molar-refractivity contribution in [1.29, 1.82) is 0 Å². The lowest BCUT2D eigenvalue weighted by atomic mass is 10.1. The SMILES string of the molecule is CN(C)C=O.Cc1c(C(=O)NN2CCCCC2)nn(-c2ccc(Cl)cc2Cl)c1-c1ccc(Cl)cc1. The molecule has 0 saturated carbocycles. The number of benzene rings is 2. The van der Waals surface area contributed by atoms with Crippen molar-refractivity contribution in [3.8, 4) is 16.9 Å². The zero-order valence-corrected chi connectivity index (χ0v) is 22.2. The molecule has 2 amide bonds. The van der Waals surface area contributed by atoms with E-state index in [1.807, 2.05) is 36.2 Å². The highest BCUT2D eigenvalue weighted by Crippen LogP contribution is 2.33. The third-order valence-corrected chi connectivity index (χ3v) is 6.21.